The van der Waals surface area contributed by atoms with E-state index in [-0.39, 0.29) is 5.82 Å². The molecule has 3 nitrogen and oxygen atoms in total. The van der Waals surface area contributed by atoms with Crippen LogP contribution in [0.2, 0.25) is 0 Å². The van der Waals surface area contributed by atoms with Crippen molar-refractivity contribution in [2.75, 3.05) is 7.05 Å². The molecule has 0 saturated carbocycles. The number of aryl methyl sites for hydroxylation is 1. The minimum Gasteiger partial charge on any atom is -0.261 e. The molecule has 0 atom stereocenters. The van der Waals surface area contributed by atoms with Gasteiger partial charge in [0.05, 0.1) is 11.9 Å². The Morgan fingerprint density at radius 2 is 1.79 bits per heavy atom. The Morgan fingerprint density at radius 1 is 1.08 bits per heavy atom. The lowest BCUT2D eigenvalue weighted by Crippen LogP contribution is -2.11. The smallest absolute Gasteiger partial charge is 0.205 e. The van der Waals surface area contributed by atoms with Gasteiger partial charge in [0, 0.05) is 18.0 Å². The largest absolute Gasteiger partial charge is 0.261 e. The molecule has 0 N–H and O–H groups in total. The summed E-state index contributed by atoms with van der Waals surface area (Å²) in [7, 11) is 1.74. The Bertz CT molecular complexity index is 903. The van der Waals surface area contributed by atoms with Crippen LogP contribution in [0.1, 0.15) is 18.1 Å². The number of hydrogen-bond acceptors (Lipinski definition) is 3. The van der Waals surface area contributed by atoms with Crippen molar-refractivity contribution in [2.24, 2.45) is 10.1 Å². The van der Waals surface area contributed by atoms with E-state index in [9.17, 15) is 4.39 Å². The molecule has 1 heterocycles. The zero-order valence-corrected chi connectivity index (χ0v) is 14.4. The van der Waals surface area contributed by atoms with E-state index in [2.05, 4.69) is 41.3 Å². The van der Waals surface area contributed by atoms with Crippen LogP contribution in [0.5, 0.6) is 0 Å². The minimum atomic E-state index is -0.250. The Hall–Kier alpha value is -2.53. The maximum Gasteiger partial charge on any atom is 0.205 e. The van der Waals surface area contributed by atoms with Gasteiger partial charge in [0.25, 0.3) is 0 Å². The maximum atomic E-state index is 13.2. The summed E-state index contributed by atoms with van der Waals surface area (Å²) >= 11 is 1.51. The lowest BCUT2D eigenvalue weighted by atomic mass is 10.1. The Balaban J connectivity index is 1.98. The summed E-state index contributed by atoms with van der Waals surface area (Å²) in [5.74, 6) is -0.250. The first kappa shape index (κ1) is 16.3. The first-order valence-corrected chi connectivity index (χ1v) is 8.62. The lowest BCUT2D eigenvalue weighted by molar-refractivity contribution is 0.628. The molecule has 0 saturated heterocycles. The summed E-state index contributed by atoms with van der Waals surface area (Å²) in [4.78, 5) is 5.06. The van der Waals surface area contributed by atoms with Gasteiger partial charge in [-0.1, -0.05) is 31.2 Å². The van der Waals surface area contributed by atoms with Crippen molar-refractivity contribution >= 4 is 17.6 Å². The van der Waals surface area contributed by atoms with Gasteiger partial charge < -0.3 is 0 Å². The predicted octanol–water partition coefficient (Wildman–Crippen LogP) is 4.33. The summed E-state index contributed by atoms with van der Waals surface area (Å²) in [5.41, 5.74) is 4.12. The summed E-state index contributed by atoms with van der Waals surface area (Å²) in [6, 6.07) is 14.7. The van der Waals surface area contributed by atoms with Crippen molar-refractivity contribution in [1.82, 2.24) is 4.68 Å². The van der Waals surface area contributed by atoms with E-state index in [1.807, 2.05) is 11.6 Å². The number of nitrogens with zero attached hydrogens (tertiary/aromatic N) is 3. The van der Waals surface area contributed by atoms with E-state index in [1.54, 1.807) is 23.9 Å². The van der Waals surface area contributed by atoms with Crippen LogP contribution in [-0.2, 0) is 6.42 Å². The Kier molecular flexibility index (Phi) is 5.01. The van der Waals surface area contributed by atoms with Crippen molar-refractivity contribution in [2.45, 2.75) is 13.3 Å². The fourth-order valence-electron chi connectivity index (χ4n) is 2.35. The molecule has 3 rings (SSSR count). The second-order valence-corrected chi connectivity index (χ2v) is 6.12. The Morgan fingerprint density at radius 3 is 2.42 bits per heavy atom. The van der Waals surface area contributed by atoms with Crippen LogP contribution in [0.15, 0.2) is 64.0 Å². The third-order valence-corrected chi connectivity index (χ3v) is 4.63. The van der Waals surface area contributed by atoms with Crippen molar-refractivity contribution in [3.8, 4) is 11.3 Å². The van der Waals surface area contributed by atoms with Gasteiger partial charge in [-0.05, 0) is 41.8 Å². The van der Waals surface area contributed by atoms with Crippen molar-refractivity contribution in [1.29, 1.82) is 0 Å². The highest BCUT2D eigenvalue weighted by atomic mass is 32.1. The average Bonchev–Trinajstić information content (AvgIpc) is 3.04. The van der Waals surface area contributed by atoms with Crippen LogP contribution in [0.25, 0.3) is 11.3 Å². The first-order chi connectivity index (χ1) is 11.7. The number of hydrogen-bond donors (Lipinski definition) is 0. The molecule has 0 unspecified atom stereocenters. The molecule has 0 aliphatic carbocycles. The van der Waals surface area contributed by atoms with Crippen LogP contribution in [0.4, 0.5) is 4.39 Å². The highest BCUT2D eigenvalue weighted by Crippen LogP contribution is 2.20. The highest BCUT2D eigenvalue weighted by molar-refractivity contribution is 7.07. The van der Waals surface area contributed by atoms with E-state index in [0.29, 0.717) is 0 Å². The van der Waals surface area contributed by atoms with Gasteiger partial charge in [0.1, 0.15) is 5.82 Å². The van der Waals surface area contributed by atoms with Crippen LogP contribution in [0, 0.1) is 5.82 Å². The summed E-state index contributed by atoms with van der Waals surface area (Å²) in [5, 5.41) is 6.56. The van der Waals surface area contributed by atoms with Crippen molar-refractivity contribution in [3.05, 3.63) is 75.7 Å². The van der Waals surface area contributed by atoms with Gasteiger partial charge >= 0.3 is 0 Å². The zero-order valence-electron chi connectivity index (χ0n) is 13.6. The molecule has 0 aliphatic rings. The number of rotatable bonds is 4. The number of benzene rings is 2. The first-order valence-electron chi connectivity index (χ1n) is 7.74. The van der Waals surface area contributed by atoms with Gasteiger partial charge in [0.15, 0.2) is 0 Å². The normalized spacial score (nSPS) is 12.2. The highest BCUT2D eigenvalue weighted by Gasteiger charge is 2.07. The molecule has 0 fully saturated rings. The molecular weight excluding hydrogens is 321 g/mol. The predicted molar refractivity (Wildman–Crippen MR) is 98.0 cm³/mol. The van der Waals surface area contributed by atoms with Crippen molar-refractivity contribution < 1.29 is 4.39 Å². The van der Waals surface area contributed by atoms with E-state index in [0.717, 1.165) is 28.0 Å². The van der Waals surface area contributed by atoms with Crippen LogP contribution >= 0.6 is 11.3 Å². The number of thiazole rings is 1. The minimum absolute atomic E-state index is 0.250. The quantitative estimate of drug-likeness (QED) is 0.633. The van der Waals surface area contributed by atoms with Gasteiger partial charge in [-0.25, -0.2) is 9.07 Å². The lowest BCUT2D eigenvalue weighted by Gasteiger charge is -2.03. The molecular formula is C19H18FN3S. The molecule has 0 spiro atoms. The molecule has 3 aromatic rings. The standard InChI is InChI=1S/C19H18FN3S/c1-3-14-4-6-15(7-5-14)12-22-23-18(13-24-19(23)21-2)16-8-10-17(20)11-9-16/h4-13H,3H2,1-2H3. The number of halogens is 1. The SMILES string of the molecule is CCc1ccc(C=Nn2c(-c3ccc(F)cc3)csc2=NC)cc1. The molecule has 5 heteroatoms. The maximum absolute atomic E-state index is 13.2. The second kappa shape index (κ2) is 7.36. The summed E-state index contributed by atoms with van der Waals surface area (Å²) < 4.78 is 14.9. The third-order valence-electron chi connectivity index (χ3n) is 3.73. The Labute approximate surface area is 144 Å². The fourth-order valence-corrected chi connectivity index (χ4v) is 3.15. The van der Waals surface area contributed by atoms with Crippen LogP contribution in [-0.4, -0.2) is 17.9 Å². The van der Waals surface area contributed by atoms with Crippen molar-refractivity contribution in [3.63, 3.8) is 0 Å². The van der Waals surface area contributed by atoms with E-state index in [4.69, 9.17) is 0 Å². The van der Waals surface area contributed by atoms with Crippen LogP contribution in [0.3, 0.4) is 0 Å². The molecule has 0 amide bonds. The average molecular weight is 339 g/mol. The molecule has 122 valence electrons. The molecule has 0 bridgehead atoms. The van der Waals surface area contributed by atoms with Gasteiger partial charge in [0.2, 0.25) is 4.80 Å². The molecule has 1 aromatic heterocycles. The molecule has 0 radical (unpaired) electrons. The van der Waals surface area contributed by atoms with Gasteiger partial charge in [-0.2, -0.15) is 5.10 Å². The monoisotopic (exact) mass is 339 g/mol. The third kappa shape index (κ3) is 3.51. The van der Waals surface area contributed by atoms with Gasteiger partial charge in [-0.3, -0.25) is 4.99 Å². The molecule has 0 aliphatic heterocycles. The summed E-state index contributed by atoms with van der Waals surface area (Å²) in [6.07, 6.45) is 2.83. The topological polar surface area (TPSA) is 29.6 Å². The molecule has 2 aromatic carbocycles. The number of aromatic nitrogens is 1. The fraction of sp³-hybridized carbons (Fsp3) is 0.158. The zero-order chi connectivity index (χ0) is 16.9. The summed E-state index contributed by atoms with van der Waals surface area (Å²) in [6.45, 7) is 2.13. The van der Waals surface area contributed by atoms with Gasteiger partial charge in [-0.15, -0.1) is 11.3 Å². The van der Waals surface area contributed by atoms with E-state index in [1.165, 1.54) is 29.0 Å². The second-order valence-electron chi connectivity index (χ2n) is 5.29. The van der Waals surface area contributed by atoms with E-state index < -0.39 is 0 Å². The molecule has 24 heavy (non-hydrogen) atoms. The van der Waals surface area contributed by atoms with E-state index >= 15 is 0 Å². The van der Waals surface area contributed by atoms with Crippen LogP contribution < -0.4 is 4.80 Å².